The molecule has 0 spiro atoms. The molecule has 0 amide bonds. The number of aliphatic hydroxyl groups is 1. The molecule has 1 heterocycles. The summed E-state index contributed by atoms with van der Waals surface area (Å²) in [6, 6.07) is 10.2. The van der Waals surface area contributed by atoms with E-state index in [-0.39, 0.29) is 16.9 Å². The molecule has 0 bridgehead atoms. The van der Waals surface area contributed by atoms with Crippen molar-refractivity contribution in [2.45, 2.75) is 83.6 Å². The average Bonchev–Trinajstić information content (AvgIpc) is 2.74. The molecular formula is C23H34N2O5. The number of nitro groups is 1. The molecule has 2 rings (SSSR count). The fourth-order valence-electron chi connectivity index (χ4n) is 3.68. The lowest BCUT2D eigenvalue weighted by Crippen LogP contribution is -2.36. The summed E-state index contributed by atoms with van der Waals surface area (Å²) in [5.41, 5.74) is 0.722. The minimum absolute atomic E-state index is 0.0637. The van der Waals surface area contributed by atoms with E-state index in [1.807, 2.05) is 31.2 Å². The molecule has 3 atom stereocenters. The van der Waals surface area contributed by atoms with E-state index >= 15 is 0 Å². The fourth-order valence-corrected chi connectivity index (χ4v) is 3.68. The highest BCUT2D eigenvalue weighted by Crippen LogP contribution is 2.18. The normalized spacial score (nSPS) is 14.5. The molecule has 7 nitrogen and oxygen atoms in total. The van der Waals surface area contributed by atoms with Gasteiger partial charge in [-0.3, -0.25) is 14.9 Å². The number of fused-ring (bicyclic) bond motifs is 1. The van der Waals surface area contributed by atoms with E-state index in [0.717, 1.165) is 36.6 Å². The van der Waals surface area contributed by atoms with Gasteiger partial charge >= 0.3 is 0 Å². The standard InChI is InChI=1S/C23H34N2O5/c1-3-5-10-19(25(28)29)17-21(26)22(30-16-6-4-2)14-15-24-20-11-8-7-9-18(20)12-13-23(24)27/h7-9,11-13,19,21-22,26H,3-6,10,14-17H2,1-2H3. The van der Waals surface area contributed by atoms with Crippen molar-refractivity contribution in [3.05, 3.63) is 56.9 Å². The Morgan fingerprint density at radius 2 is 1.83 bits per heavy atom. The molecule has 0 saturated heterocycles. The third-order valence-corrected chi connectivity index (χ3v) is 5.50. The van der Waals surface area contributed by atoms with E-state index < -0.39 is 18.2 Å². The zero-order valence-corrected chi connectivity index (χ0v) is 18.0. The molecule has 0 aliphatic rings. The average molecular weight is 419 g/mol. The van der Waals surface area contributed by atoms with Crippen molar-refractivity contribution in [1.82, 2.24) is 4.57 Å². The number of aromatic nitrogens is 1. The van der Waals surface area contributed by atoms with Crippen LogP contribution in [0.25, 0.3) is 10.9 Å². The molecule has 0 fully saturated rings. The first-order valence-electron chi connectivity index (χ1n) is 11.0. The lowest BCUT2D eigenvalue weighted by Gasteiger charge is -2.25. The number of hydrogen-bond donors (Lipinski definition) is 1. The summed E-state index contributed by atoms with van der Waals surface area (Å²) in [7, 11) is 0. The van der Waals surface area contributed by atoms with Gasteiger partial charge in [-0.1, -0.05) is 44.9 Å². The van der Waals surface area contributed by atoms with E-state index in [2.05, 4.69) is 6.92 Å². The lowest BCUT2D eigenvalue weighted by atomic mass is 9.99. The fraction of sp³-hybridized carbons (Fsp3) is 0.609. The number of nitrogens with zero attached hydrogens (tertiary/aromatic N) is 2. The lowest BCUT2D eigenvalue weighted by molar-refractivity contribution is -0.526. The van der Waals surface area contributed by atoms with Crippen molar-refractivity contribution >= 4 is 10.9 Å². The number of unbranched alkanes of at least 4 members (excludes halogenated alkanes) is 2. The van der Waals surface area contributed by atoms with Crippen molar-refractivity contribution < 1.29 is 14.8 Å². The van der Waals surface area contributed by atoms with Crippen LogP contribution in [-0.4, -0.2) is 39.5 Å². The second-order valence-corrected chi connectivity index (χ2v) is 7.82. The topological polar surface area (TPSA) is 94.6 Å². The second-order valence-electron chi connectivity index (χ2n) is 7.82. The summed E-state index contributed by atoms with van der Waals surface area (Å²) >= 11 is 0. The SMILES string of the molecule is CCCCOC(CCn1c(=O)ccc2ccccc21)C(O)CC(CCCC)[N+](=O)[O-]. The van der Waals surface area contributed by atoms with Crippen molar-refractivity contribution in [2.75, 3.05) is 6.61 Å². The largest absolute Gasteiger partial charge is 0.390 e. The molecule has 1 aromatic carbocycles. The van der Waals surface area contributed by atoms with E-state index in [4.69, 9.17) is 4.74 Å². The summed E-state index contributed by atoms with van der Waals surface area (Å²) in [5.74, 6) is 0. The van der Waals surface area contributed by atoms with Gasteiger partial charge in [-0.2, -0.15) is 0 Å². The zero-order chi connectivity index (χ0) is 21.9. The van der Waals surface area contributed by atoms with Crippen LogP contribution in [0.2, 0.25) is 0 Å². The van der Waals surface area contributed by atoms with Crippen LogP contribution in [0.15, 0.2) is 41.2 Å². The third kappa shape index (κ3) is 6.92. The van der Waals surface area contributed by atoms with Crippen LogP contribution in [0, 0.1) is 10.1 Å². The van der Waals surface area contributed by atoms with Crippen LogP contribution < -0.4 is 5.56 Å². The van der Waals surface area contributed by atoms with Gasteiger partial charge < -0.3 is 14.4 Å². The van der Waals surface area contributed by atoms with Crippen LogP contribution in [0.4, 0.5) is 0 Å². The van der Waals surface area contributed by atoms with Crippen molar-refractivity contribution in [2.24, 2.45) is 0 Å². The van der Waals surface area contributed by atoms with Gasteiger partial charge in [0, 0.05) is 37.0 Å². The van der Waals surface area contributed by atoms with Gasteiger partial charge in [-0.15, -0.1) is 0 Å². The van der Waals surface area contributed by atoms with Gasteiger partial charge in [0.25, 0.3) is 5.56 Å². The first-order valence-corrected chi connectivity index (χ1v) is 11.0. The number of aryl methyl sites for hydroxylation is 1. The second kappa shape index (κ2) is 12.4. The summed E-state index contributed by atoms with van der Waals surface area (Å²) in [5, 5.41) is 23.1. The highest BCUT2D eigenvalue weighted by atomic mass is 16.6. The van der Waals surface area contributed by atoms with Crippen LogP contribution in [0.1, 0.15) is 58.8 Å². The van der Waals surface area contributed by atoms with Crippen LogP contribution in [0.3, 0.4) is 0 Å². The van der Waals surface area contributed by atoms with E-state index in [1.54, 1.807) is 16.7 Å². The number of para-hydroxylation sites is 1. The number of rotatable bonds is 14. The van der Waals surface area contributed by atoms with Gasteiger partial charge in [0.1, 0.15) is 0 Å². The molecule has 0 radical (unpaired) electrons. The molecule has 2 aromatic rings. The Bertz CT molecular complexity index is 851. The molecule has 0 aliphatic heterocycles. The predicted molar refractivity (Wildman–Crippen MR) is 118 cm³/mol. The van der Waals surface area contributed by atoms with Crippen LogP contribution in [-0.2, 0) is 11.3 Å². The molecule has 7 heteroatoms. The van der Waals surface area contributed by atoms with E-state index in [0.29, 0.717) is 26.0 Å². The van der Waals surface area contributed by atoms with Gasteiger partial charge in [0.2, 0.25) is 6.04 Å². The molecule has 0 saturated carbocycles. The Morgan fingerprint density at radius 1 is 1.10 bits per heavy atom. The monoisotopic (exact) mass is 418 g/mol. The first kappa shape index (κ1) is 24.0. The highest BCUT2D eigenvalue weighted by Gasteiger charge is 2.29. The van der Waals surface area contributed by atoms with Crippen LogP contribution >= 0.6 is 0 Å². The molecule has 0 aliphatic carbocycles. The van der Waals surface area contributed by atoms with Crippen molar-refractivity contribution in [1.29, 1.82) is 0 Å². The maximum Gasteiger partial charge on any atom is 0.251 e. The Hall–Kier alpha value is -2.25. The molecular weight excluding hydrogens is 384 g/mol. The zero-order valence-electron chi connectivity index (χ0n) is 18.0. The van der Waals surface area contributed by atoms with Gasteiger partial charge in [0.15, 0.2) is 0 Å². The third-order valence-electron chi connectivity index (χ3n) is 5.50. The summed E-state index contributed by atoms with van der Waals surface area (Å²) in [4.78, 5) is 23.5. The predicted octanol–water partition coefficient (Wildman–Crippen LogP) is 4.16. The maximum atomic E-state index is 12.4. The maximum absolute atomic E-state index is 12.4. The minimum atomic E-state index is -0.945. The molecule has 166 valence electrons. The Morgan fingerprint density at radius 3 is 2.53 bits per heavy atom. The highest BCUT2D eigenvalue weighted by molar-refractivity contribution is 5.78. The molecule has 30 heavy (non-hydrogen) atoms. The smallest absolute Gasteiger partial charge is 0.251 e. The van der Waals surface area contributed by atoms with Gasteiger partial charge in [0.05, 0.1) is 17.7 Å². The molecule has 1 aromatic heterocycles. The van der Waals surface area contributed by atoms with Gasteiger partial charge in [-0.25, -0.2) is 0 Å². The Labute approximate surface area is 177 Å². The molecule has 3 unspecified atom stereocenters. The quantitative estimate of drug-likeness (QED) is 0.282. The summed E-state index contributed by atoms with van der Waals surface area (Å²) in [6.07, 6.45) is 2.87. The summed E-state index contributed by atoms with van der Waals surface area (Å²) < 4.78 is 7.60. The number of pyridine rings is 1. The first-order chi connectivity index (χ1) is 14.5. The number of benzene rings is 1. The van der Waals surface area contributed by atoms with Crippen LogP contribution in [0.5, 0.6) is 0 Å². The number of hydrogen-bond acceptors (Lipinski definition) is 5. The molecule has 1 N–H and O–H groups in total. The Balaban J connectivity index is 2.14. The Kier molecular flexibility index (Phi) is 9.97. The van der Waals surface area contributed by atoms with E-state index in [1.165, 1.54) is 0 Å². The number of ether oxygens (including phenoxy) is 1. The summed E-state index contributed by atoms with van der Waals surface area (Å²) in [6.45, 7) is 4.91. The van der Waals surface area contributed by atoms with E-state index in [9.17, 15) is 20.0 Å². The minimum Gasteiger partial charge on any atom is -0.390 e. The number of aliphatic hydroxyl groups excluding tert-OH is 1. The van der Waals surface area contributed by atoms with Crippen molar-refractivity contribution in [3.63, 3.8) is 0 Å². The van der Waals surface area contributed by atoms with Crippen molar-refractivity contribution in [3.8, 4) is 0 Å². The van der Waals surface area contributed by atoms with Gasteiger partial charge in [-0.05, 0) is 36.8 Å².